The minimum absolute atomic E-state index is 0.0599. The van der Waals surface area contributed by atoms with E-state index in [1.165, 1.54) is 12.5 Å². The van der Waals surface area contributed by atoms with Crippen molar-refractivity contribution < 1.29 is 28.5 Å². The second-order valence-corrected chi connectivity index (χ2v) is 6.62. The fourth-order valence-corrected chi connectivity index (χ4v) is 2.07. The molecular weight excluding hydrogens is 312 g/mol. The molecule has 1 aliphatic heterocycles. The van der Waals surface area contributed by atoms with Gasteiger partial charge in [-0.3, -0.25) is 0 Å². The molecule has 0 aromatic heterocycles. The molecule has 1 heterocycles. The molecule has 0 amide bonds. The van der Waals surface area contributed by atoms with E-state index in [4.69, 9.17) is 23.7 Å². The van der Waals surface area contributed by atoms with Crippen molar-refractivity contribution in [1.82, 2.24) is 0 Å². The largest absolute Gasteiger partial charge is 0.457 e. The standard InChI is InChI=1S/C18H32O6/c1-18(2,3)24-16(19)8-4-6-10-20-12-13-21-14-15-23-17-9-5-7-11-22-17/h4,8,17H,5-7,9-15H2,1-3H3/b8-4+. The molecule has 6 heteroatoms. The zero-order chi connectivity index (χ0) is 17.7. The van der Waals surface area contributed by atoms with Gasteiger partial charge < -0.3 is 23.7 Å². The number of rotatable bonds is 11. The summed E-state index contributed by atoms with van der Waals surface area (Å²) in [6.45, 7) is 9.02. The first kappa shape index (κ1) is 21.1. The quantitative estimate of drug-likeness (QED) is 0.326. The highest BCUT2D eigenvalue weighted by molar-refractivity contribution is 5.82. The lowest BCUT2D eigenvalue weighted by Crippen LogP contribution is -2.24. The van der Waals surface area contributed by atoms with Crippen LogP contribution in [0.25, 0.3) is 0 Å². The molecule has 0 aromatic carbocycles. The van der Waals surface area contributed by atoms with Gasteiger partial charge in [0, 0.05) is 12.7 Å². The van der Waals surface area contributed by atoms with Gasteiger partial charge in [-0.15, -0.1) is 0 Å². The van der Waals surface area contributed by atoms with Gasteiger partial charge in [0.25, 0.3) is 0 Å². The van der Waals surface area contributed by atoms with Crippen molar-refractivity contribution in [3.05, 3.63) is 12.2 Å². The van der Waals surface area contributed by atoms with Crippen LogP contribution in [0, 0.1) is 0 Å². The van der Waals surface area contributed by atoms with Crippen molar-refractivity contribution in [3.63, 3.8) is 0 Å². The van der Waals surface area contributed by atoms with E-state index in [2.05, 4.69) is 0 Å². The van der Waals surface area contributed by atoms with E-state index >= 15 is 0 Å². The Balaban J connectivity index is 1.84. The summed E-state index contributed by atoms with van der Waals surface area (Å²) < 4.78 is 27.0. The summed E-state index contributed by atoms with van der Waals surface area (Å²) >= 11 is 0. The summed E-state index contributed by atoms with van der Waals surface area (Å²) in [5.41, 5.74) is -0.456. The predicted molar refractivity (Wildman–Crippen MR) is 90.8 cm³/mol. The number of hydrogen-bond acceptors (Lipinski definition) is 6. The third-order valence-corrected chi connectivity index (χ3v) is 3.13. The van der Waals surface area contributed by atoms with Crippen molar-refractivity contribution in [2.24, 2.45) is 0 Å². The fraction of sp³-hybridized carbons (Fsp3) is 0.833. The highest BCUT2D eigenvalue weighted by Crippen LogP contribution is 2.13. The SMILES string of the molecule is CC(C)(C)OC(=O)/C=C/CCOCCOCCOC1CCCCO1. The zero-order valence-electron chi connectivity index (χ0n) is 15.3. The van der Waals surface area contributed by atoms with Crippen molar-refractivity contribution in [3.8, 4) is 0 Å². The first-order chi connectivity index (χ1) is 11.5. The summed E-state index contributed by atoms with van der Waals surface area (Å²) in [4.78, 5) is 11.4. The number of carbonyl (C=O) groups is 1. The minimum Gasteiger partial charge on any atom is -0.457 e. The highest BCUT2D eigenvalue weighted by atomic mass is 16.7. The smallest absolute Gasteiger partial charge is 0.330 e. The van der Waals surface area contributed by atoms with Crippen LogP contribution in [0.1, 0.15) is 46.5 Å². The van der Waals surface area contributed by atoms with E-state index in [9.17, 15) is 4.79 Å². The molecule has 0 saturated carbocycles. The zero-order valence-corrected chi connectivity index (χ0v) is 15.3. The number of esters is 1. The fourth-order valence-electron chi connectivity index (χ4n) is 2.07. The van der Waals surface area contributed by atoms with Gasteiger partial charge in [0.15, 0.2) is 6.29 Å². The van der Waals surface area contributed by atoms with Crippen molar-refractivity contribution >= 4 is 5.97 Å². The average Bonchev–Trinajstić information content (AvgIpc) is 2.52. The molecule has 0 aliphatic carbocycles. The van der Waals surface area contributed by atoms with Crippen LogP contribution in [-0.2, 0) is 28.5 Å². The molecule has 1 aliphatic rings. The third-order valence-electron chi connectivity index (χ3n) is 3.13. The molecule has 0 bridgehead atoms. The maximum Gasteiger partial charge on any atom is 0.330 e. The predicted octanol–water partition coefficient (Wildman–Crippen LogP) is 2.85. The van der Waals surface area contributed by atoms with Gasteiger partial charge in [-0.05, 0) is 46.5 Å². The Kier molecular flexibility index (Phi) is 10.9. The van der Waals surface area contributed by atoms with Gasteiger partial charge in [-0.2, -0.15) is 0 Å². The summed E-state index contributed by atoms with van der Waals surface area (Å²) in [6, 6.07) is 0. The summed E-state index contributed by atoms with van der Waals surface area (Å²) in [5, 5.41) is 0. The second kappa shape index (κ2) is 12.4. The van der Waals surface area contributed by atoms with Gasteiger partial charge in [0.2, 0.25) is 0 Å². The van der Waals surface area contributed by atoms with Gasteiger partial charge >= 0.3 is 5.97 Å². The molecule has 1 fully saturated rings. The Morgan fingerprint density at radius 3 is 2.46 bits per heavy atom. The van der Waals surface area contributed by atoms with Crippen molar-refractivity contribution in [2.75, 3.05) is 39.6 Å². The van der Waals surface area contributed by atoms with Crippen LogP contribution in [0.15, 0.2) is 12.2 Å². The van der Waals surface area contributed by atoms with E-state index in [1.807, 2.05) is 20.8 Å². The maximum absolute atomic E-state index is 11.4. The third kappa shape index (κ3) is 12.5. The molecule has 1 unspecified atom stereocenters. The van der Waals surface area contributed by atoms with E-state index in [0.717, 1.165) is 19.4 Å². The molecule has 140 valence electrons. The van der Waals surface area contributed by atoms with E-state index in [0.29, 0.717) is 39.5 Å². The summed E-state index contributed by atoms with van der Waals surface area (Å²) in [7, 11) is 0. The minimum atomic E-state index is -0.456. The van der Waals surface area contributed by atoms with Crippen LogP contribution in [0.4, 0.5) is 0 Å². The van der Waals surface area contributed by atoms with Crippen LogP contribution in [-0.4, -0.2) is 57.5 Å². The Hall–Kier alpha value is -0.950. The van der Waals surface area contributed by atoms with Gasteiger partial charge in [-0.25, -0.2) is 4.79 Å². The Bertz CT molecular complexity index is 355. The van der Waals surface area contributed by atoms with Crippen LogP contribution in [0.2, 0.25) is 0 Å². The number of carbonyl (C=O) groups excluding carboxylic acids is 1. The van der Waals surface area contributed by atoms with E-state index in [1.54, 1.807) is 6.08 Å². The molecule has 1 saturated heterocycles. The lowest BCUT2D eigenvalue weighted by atomic mass is 10.2. The lowest BCUT2D eigenvalue weighted by Gasteiger charge is -2.22. The number of ether oxygens (including phenoxy) is 5. The Morgan fingerprint density at radius 2 is 1.79 bits per heavy atom. The van der Waals surface area contributed by atoms with E-state index < -0.39 is 5.60 Å². The molecule has 0 N–H and O–H groups in total. The van der Waals surface area contributed by atoms with Crippen molar-refractivity contribution in [2.45, 2.75) is 58.3 Å². The maximum atomic E-state index is 11.4. The summed E-state index contributed by atoms with van der Waals surface area (Å²) in [5.74, 6) is -0.326. The second-order valence-electron chi connectivity index (χ2n) is 6.62. The lowest BCUT2D eigenvalue weighted by molar-refractivity contribution is -0.169. The van der Waals surface area contributed by atoms with Crippen LogP contribution >= 0.6 is 0 Å². The monoisotopic (exact) mass is 344 g/mol. The van der Waals surface area contributed by atoms with Gasteiger partial charge in [0.05, 0.1) is 33.0 Å². The molecule has 6 nitrogen and oxygen atoms in total. The first-order valence-corrected chi connectivity index (χ1v) is 8.75. The van der Waals surface area contributed by atoms with Gasteiger partial charge in [-0.1, -0.05) is 6.08 Å². The average molecular weight is 344 g/mol. The van der Waals surface area contributed by atoms with Gasteiger partial charge in [0.1, 0.15) is 5.60 Å². The normalized spacial score (nSPS) is 18.9. The number of hydrogen-bond donors (Lipinski definition) is 0. The van der Waals surface area contributed by atoms with Crippen LogP contribution in [0.5, 0.6) is 0 Å². The van der Waals surface area contributed by atoms with Crippen molar-refractivity contribution in [1.29, 1.82) is 0 Å². The van der Waals surface area contributed by atoms with E-state index in [-0.39, 0.29) is 12.3 Å². The topological polar surface area (TPSA) is 63.2 Å². The summed E-state index contributed by atoms with van der Waals surface area (Å²) in [6.07, 6.45) is 7.07. The first-order valence-electron chi connectivity index (χ1n) is 8.75. The molecule has 24 heavy (non-hydrogen) atoms. The molecule has 0 radical (unpaired) electrons. The Labute approximate surface area is 145 Å². The highest BCUT2D eigenvalue weighted by Gasteiger charge is 2.14. The molecular formula is C18H32O6. The molecule has 0 aromatic rings. The van der Waals surface area contributed by atoms with Crippen LogP contribution < -0.4 is 0 Å². The van der Waals surface area contributed by atoms with Crippen LogP contribution in [0.3, 0.4) is 0 Å². The molecule has 1 atom stereocenters. The molecule has 0 spiro atoms. The Morgan fingerprint density at radius 1 is 1.08 bits per heavy atom. The molecule has 1 rings (SSSR count).